The molecule has 1 atom stereocenters. The lowest BCUT2D eigenvalue weighted by atomic mass is 10.1. The maximum Gasteiger partial charge on any atom is 0.241 e. The highest BCUT2D eigenvalue weighted by Gasteiger charge is 2.16. The van der Waals surface area contributed by atoms with Gasteiger partial charge in [0.2, 0.25) is 5.91 Å². The van der Waals surface area contributed by atoms with Crippen molar-refractivity contribution in [1.82, 2.24) is 0 Å². The van der Waals surface area contributed by atoms with Gasteiger partial charge in [0, 0.05) is 10.2 Å². The summed E-state index contributed by atoms with van der Waals surface area (Å²) in [7, 11) is 0. The van der Waals surface area contributed by atoms with Gasteiger partial charge in [-0.2, -0.15) is 0 Å². The highest BCUT2D eigenvalue weighted by molar-refractivity contribution is 9.10. The second kappa shape index (κ2) is 6.89. The van der Waals surface area contributed by atoms with Gasteiger partial charge in [0.05, 0.1) is 6.04 Å². The minimum Gasteiger partial charge on any atom is -0.325 e. The molecule has 0 aliphatic rings. The molecule has 0 aliphatic carbocycles. The first kappa shape index (κ1) is 15.4. The van der Waals surface area contributed by atoms with Crippen LogP contribution in [0.15, 0.2) is 28.7 Å². The van der Waals surface area contributed by atoms with Crippen LogP contribution in [0.3, 0.4) is 0 Å². The van der Waals surface area contributed by atoms with E-state index in [9.17, 15) is 4.79 Å². The third-order valence-electron chi connectivity index (χ3n) is 2.11. The van der Waals surface area contributed by atoms with Crippen molar-refractivity contribution in [1.29, 1.82) is 0 Å². The van der Waals surface area contributed by atoms with Crippen LogP contribution in [0.2, 0.25) is 0 Å². The van der Waals surface area contributed by atoms with Crippen molar-refractivity contribution < 1.29 is 4.79 Å². The molecule has 0 heterocycles. The summed E-state index contributed by atoms with van der Waals surface area (Å²) in [6.45, 7) is 3.84. The average Bonchev–Trinajstić information content (AvgIpc) is 2.16. The third kappa shape index (κ3) is 4.51. The van der Waals surface area contributed by atoms with Crippen molar-refractivity contribution in [2.45, 2.75) is 19.9 Å². The lowest BCUT2D eigenvalue weighted by Crippen LogP contribution is -2.39. The SMILES string of the molecule is CC(C)C(N)C(=O)Nc1cccc(Br)c1.Cl. The zero-order valence-electron chi connectivity index (χ0n) is 9.24. The van der Waals surface area contributed by atoms with Crippen molar-refractivity contribution in [3.05, 3.63) is 28.7 Å². The first-order valence-corrected chi connectivity index (χ1v) is 5.62. The zero-order chi connectivity index (χ0) is 11.4. The molecule has 0 saturated carbocycles. The molecule has 1 amide bonds. The molecular formula is C11H16BrClN2O. The Kier molecular flexibility index (Phi) is 6.64. The number of halogens is 2. The van der Waals surface area contributed by atoms with Gasteiger partial charge in [0.1, 0.15) is 0 Å². The first-order valence-electron chi connectivity index (χ1n) is 4.82. The van der Waals surface area contributed by atoms with Crippen molar-refractivity contribution in [2.24, 2.45) is 11.7 Å². The molecule has 1 aromatic rings. The summed E-state index contributed by atoms with van der Waals surface area (Å²) >= 11 is 3.34. The number of carbonyl (C=O) groups is 1. The molecule has 0 bridgehead atoms. The van der Waals surface area contributed by atoms with Crippen molar-refractivity contribution in [2.75, 3.05) is 5.32 Å². The molecule has 0 fully saturated rings. The van der Waals surface area contributed by atoms with Crippen LogP contribution in [0.25, 0.3) is 0 Å². The van der Waals surface area contributed by atoms with E-state index in [1.165, 1.54) is 0 Å². The van der Waals surface area contributed by atoms with Gasteiger partial charge < -0.3 is 11.1 Å². The predicted octanol–water partition coefficient (Wildman–Crippen LogP) is 2.79. The minimum absolute atomic E-state index is 0. The molecule has 0 aromatic heterocycles. The fourth-order valence-corrected chi connectivity index (χ4v) is 1.49. The van der Waals surface area contributed by atoms with Crippen LogP contribution in [-0.2, 0) is 4.79 Å². The summed E-state index contributed by atoms with van der Waals surface area (Å²) in [5.41, 5.74) is 6.48. The van der Waals surface area contributed by atoms with E-state index in [4.69, 9.17) is 5.73 Å². The number of benzene rings is 1. The summed E-state index contributed by atoms with van der Waals surface area (Å²) in [5.74, 6) is -0.0137. The van der Waals surface area contributed by atoms with Crippen LogP contribution in [0.1, 0.15) is 13.8 Å². The van der Waals surface area contributed by atoms with Crippen molar-refractivity contribution in [3.63, 3.8) is 0 Å². The molecule has 90 valence electrons. The third-order valence-corrected chi connectivity index (χ3v) is 2.61. The number of hydrogen-bond acceptors (Lipinski definition) is 2. The van der Waals surface area contributed by atoms with E-state index in [2.05, 4.69) is 21.2 Å². The van der Waals surface area contributed by atoms with Gasteiger partial charge in [-0.3, -0.25) is 4.79 Å². The summed E-state index contributed by atoms with van der Waals surface area (Å²) in [6.07, 6.45) is 0. The van der Waals surface area contributed by atoms with Crippen LogP contribution < -0.4 is 11.1 Å². The van der Waals surface area contributed by atoms with E-state index >= 15 is 0 Å². The van der Waals surface area contributed by atoms with Gasteiger partial charge in [-0.15, -0.1) is 12.4 Å². The lowest BCUT2D eigenvalue weighted by molar-refractivity contribution is -0.118. The molecule has 0 spiro atoms. The Morgan fingerprint density at radius 3 is 2.56 bits per heavy atom. The van der Waals surface area contributed by atoms with Gasteiger partial charge in [0.25, 0.3) is 0 Å². The monoisotopic (exact) mass is 306 g/mol. The lowest BCUT2D eigenvalue weighted by Gasteiger charge is -2.15. The second-order valence-electron chi connectivity index (χ2n) is 3.77. The fourth-order valence-electron chi connectivity index (χ4n) is 1.09. The molecule has 0 saturated heterocycles. The average molecular weight is 308 g/mol. The van der Waals surface area contributed by atoms with Gasteiger partial charge in [-0.1, -0.05) is 35.8 Å². The van der Waals surface area contributed by atoms with Crippen LogP contribution in [0.5, 0.6) is 0 Å². The zero-order valence-corrected chi connectivity index (χ0v) is 11.6. The van der Waals surface area contributed by atoms with E-state index in [1.807, 2.05) is 38.1 Å². The molecule has 1 unspecified atom stereocenters. The topological polar surface area (TPSA) is 55.1 Å². The normalized spacial score (nSPS) is 11.8. The molecule has 0 aliphatic heterocycles. The van der Waals surface area contributed by atoms with Crippen molar-refractivity contribution >= 4 is 39.9 Å². The molecule has 1 rings (SSSR count). The number of nitrogens with one attached hydrogen (secondary N) is 1. The van der Waals surface area contributed by atoms with Gasteiger partial charge >= 0.3 is 0 Å². The molecular weight excluding hydrogens is 291 g/mol. The second-order valence-corrected chi connectivity index (χ2v) is 4.69. The summed E-state index contributed by atoms with van der Waals surface area (Å²) in [5, 5.41) is 2.77. The van der Waals surface area contributed by atoms with Crippen LogP contribution in [0.4, 0.5) is 5.69 Å². The Morgan fingerprint density at radius 1 is 1.44 bits per heavy atom. The largest absolute Gasteiger partial charge is 0.325 e. The number of carbonyl (C=O) groups excluding carboxylic acids is 1. The fraction of sp³-hybridized carbons (Fsp3) is 0.364. The van der Waals surface area contributed by atoms with E-state index < -0.39 is 6.04 Å². The Bertz CT molecular complexity index is 358. The minimum atomic E-state index is -0.469. The maximum atomic E-state index is 11.6. The van der Waals surface area contributed by atoms with Crippen molar-refractivity contribution in [3.8, 4) is 0 Å². The number of amides is 1. The Morgan fingerprint density at radius 2 is 2.06 bits per heavy atom. The summed E-state index contributed by atoms with van der Waals surface area (Å²) in [6, 6.07) is 6.96. The number of anilines is 1. The van der Waals surface area contributed by atoms with E-state index in [-0.39, 0.29) is 24.2 Å². The van der Waals surface area contributed by atoms with Crippen LogP contribution in [-0.4, -0.2) is 11.9 Å². The summed E-state index contributed by atoms with van der Waals surface area (Å²) < 4.78 is 0.929. The van der Waals surface area contributed by atoms with E-state index in [0.717, 1.165) is 10.2 Å². The number of nitrogens with two attached hydrogens (primary N) is 1. The van der Waals surface area contributed by atoms with Gasteiger partial charge in [-0.05, 0) is 24.1 Å². The number of rotatable bonds is 3. The van der Waals surface area contributed by atoms with E-state index in [0.29, 0.717) is 0 Å². The quantitative estimate of drug-likeness (QED) is 0.902. The predicted molar refractivity (Wildman–Crippen MR) is 72.8 cm³/mol. The van der Waals surface area contributed by atoms with Crippen LogP contribution >= 0.6 is 28.3 Å². The molecule has 1 aromatic carbocycles. The van der Waals surface area contributed by atoms with Crippen LogP contribution in [0, 0.1) is 5.92 Å². The molecule has 16 heavy (non-hydrogen) atoms. The first-order chi connectivity index (χ1) is 7.00. The molecule has 3 nitrogen and oxygen atoms in total. The maximum absolute atomic E-state index is 11.6. The van der Waals surface area contributed by atoms with E-state index in [1.54, 1.807) is 0 Å². The molecule has 3 N–H and O–H groups in total. The smallest absolute Gasteiger partial charge is 0.241 e. The highest BCUT2D eigenvalue weighted by Crippen LogP contribution is 2.16. The Balaban J connectivity index is 0.00000225. The summed E-state index contributed by atoms with van der Waals surface area (Å²) in [4.78, 5) is 11.6. The Hall–Kier alpha value is -0.580. The standard InChI is InChI=1S/C11H15BrN2O.ClH/c1-7(2)10(13)11(15)14-9-5-3-4-8(12)6-9;/h3-7,10H,13H2,1-2H3,(H,14,15);1H. The van der Waals surface area contributed by atoms with Gasteiger partial charge in [-0.25, -0.2) is 0 Å². The van der Waals surface area contributed by atoms with Gasteiger partial charge in [0.15, 0.2) is 0 Å². The Labute approximate surface area is 110 Å². The number of hydrogen-bond donors (Lipinski definition) is 2. The molecule has 5 heteroatoms. The molecule has 0 radical (unpaired) electrons. The highest BCUT2D eigenvalue weighted by atomic mass is 79.9.